The summed E-state index contributed by atoms with van der Waals surface area (Å²) in [6.07, 6.45) is 4.48. The third-order valence-corrected chi connectivity index (χ3v) is 3.38. The van der Waals surface area contributed by atoms with Crippen molar-refractivity contribution in [3.05, 3.63) is 0 Å². The molecule has 0 radical (unpaired) electrons. The van der Waals surface area contributed by atoms with Gasteiger partial charge in [0.2, 0.25) is 0 Å². The van der Waals surface area contributed by atoms with Crippen LogP contribution in [0.4, 0.5) is 0 Å². The molecule has 0 aliphatic heterocycles. The maximum Gasteiger partial charge on any atom is 0.455 e. The normalized spacial score (nSPS) is 31.9. The van der Waals surface area contributed by atoms with Crippen molar-refractivity contribution in [2.45, 2.75) is 31.5 Å². The van der Waals surface area contributed by atoms with Crippen LogP contribution in [0.1, 0.15) is 25.7 Å². The predicted molar refractivity (Wildman–Crippen MR) is 49.7 cm³/mol. The summed E-state index contributed by atoms with van der Waals surface area (Å²) in [7, 11) is -1.11. The minimum atomic E-state index is -1.11. The number of hydrogen-bond acceptors (Lipinski definition) is 2. The third-order valence-electron chi connectivity index (χ3n) is 2.55. The highest BCUT2D eigenvalue weighted by atomic mass is 79.9. The summed E-state index contributed by atoms with van der Waals surface area (Å²) in [6.45, 7) is 0. The molecule has 11 heavy (non-hydrogen) atoms. The van der Waals surface area contributed by atoms with Crippen molar-refractivity contribution in [1.82, 2.24) is 0 Å². The Hall–Kier alpha value is 0.465. The van der Waals surface area contributed by atoms with E-state index in [1.807, 2.05) is 0 Å². The first-order valence-electron chi connectivity index (χ1n) is 4.18. The highest BCUT2D eigenvalue weighted by Gasteiger charge is 2.32. The van der Waals surface area contributed by atoms with Crippen molar-refractivity contribution in [1.29, 1.82) is 0 Å². The van der Waals surface area contributed by atoms with E-state index in [9.17, 15) is 0 Å². The van der Waals surface area contributed by atoms with E-state index < -0.39 is 7.12 Å². The van der Waals surface area contributed by atoms with Crippen LogP contribution in [-0.4, -0.2) is 22.5 Å². The summed E-state index contributed by atoms with van der Waals surface area (Å²) in [5.41, 5.74) is 0. The summed E-state index contributed by atoms with van der Waals surface area (Å²) in [5, 5.41) is 18.9. The fourth-order valence-corrected chi connectivity index (χ4v) is 2.62. The van der Waals surface area contributed by atoms with Crippen LogP contribution in [0.25, 0.3) is 0 Å². The number of alkyl halides is 1. The molecule has 0 aromatic rings. The summed E-state index contributed by atoms with van der Waals surface area (Å²) >= 11 is 3.40. The first kappa shape index (κ1) is 9.55. The van der Waals surface area contributed by atoms with Gasteiger partial charge in [0.25, 0.3) is 0 Å². The lowest BCUT2D eigenvalue weighted by molar-refractivity contribution is 0.305. The SMILES string of the molecule is OB(O)C1CCCCC1CBr. The highest BCUT2D eigenvalue weighted by molar-refractivity contribution is 9.09. The molecule has 2 atom stereocenters. The van der Waals surface area contributed by atoms with Gasteiger partial charge in [-0.3, -0.25) is 0 Å². The standard InChI is InChI=1S/C7H14BBrO2/c9-5-6-3-1-2-4-7(6)8(10)11/h6-7,10-11H,1-5H2. The zero-order chi connectivity index (χ0) is 8.27. The van der Waals surface area contributed by atoms with Gasteiger partial charge < -0.3 is 10.0 Å². The van der Waals surface area contributed by atoms with Gasteiger partial charge in [0.05, 0.1) is 0 Å². The lowest BCUT2D eigenvalue weighted by atomic mass is 9.60. The van der Waals surface area contributed by atoms with E-state index in [1.54, 1.807) is 0 Å². The molecule has 1 saturated carbocycles. The molecule has 4 heteroatoms. The Morgan fingerprint density at radius 1 is 1.27 bits per heavy atom. The molecule has 0 aromatic heterocycles. The fraction of sp³-hybridized carbons (Fsp3) is 1.00. The van der Waals surface area contributed by atoms with Gasteiger partial charge in [-0.05, 0) is 18.2 Å². The first-order chi connectivity index (χ1) is 5.25. The molecular weight excluding hydrogens is 207 g/mol. The van der Waals surface area contributed by atoms with Gasteiger partial charge in [-0.2, -0.15) is 0 Å². The number of rotatable bonds is 2. The highest BCUT2D eigenvalue weighted by Crippen LogP contribution is 2.36. The predicted octanol–water partition coefficient (Wildman–Crippen LogP) is 1.41. The van der Waals surface area contributed by atoms with Crippen LogP contribution < -0.4 is 0 Å². The van der Waals surface area contributed by atoms with Gasteiger partial charge >= 0.3 is 7.12 Å². The van der Waals surface area contributed by atoms with Gasteiger partial charge in [-0.1, -0.05) is 35.2 Å². The quantitative estimate of drug-likeness (QED) is 0.546. The van der Waals surface area contributed by atoms with Gasteiger partial charge in [0, 0.05) is 5.33 Å². The Bertz CT molecular complexity index is 121. The second-order valence-electron chi connectivity index (χ2n) is 3.28. The van der Waals surface area contributed by atoms with Crippen molar-refractivity contribution in [3.8, 4) is 0 Å². The molecular formula is C7H14BBrO2. The fourth-order valence-electron chi connectivity index (χ4n) is 1.82. The molecule has 0 bridgehead atoms. The maximum absolute atomic E-state index is 9.01. The molecule has 0 heterocycles. The van der Waals surface area contributed by atoms with Crippen LogP contribution in [0.2, 0.25) is 5.82 Å². The Morgan fingerprint density at radius 2 is 1.91 bits per heavy atom. The van der Waals surface area contributed by atoms with Crippen molar-refractivity contribution in [2.75, 3.05) is 5.33 Å². The third kappa shape index (κ3) is 2.46. The summed E-state index contributed by atoms with van der Waals surface area (Å²) in [5.74, 6) is 0.562. The largest absolute Gasteiger partial charge is 0.455 e. The monoisotopic (exact) mass is 220 g/mol. The zero-order valence-electron chi connectivity index (χ0n) is 6.54. The van der Waals surface area contributed by atoms with Crippen LogP contribution in [0, 0.1) is 5.92 Å². The van der Waals surface area contributed by atoms with E-state index in [-0.39, 0.29) is 5.82 Å². The van der Waals surface area contributed by atoms with Gasteiger partial charge in [-0.15, -0.1) is 0 Å². The first-order valence-corrected chi connectivity index (χ1v) is 5.30. The van der Waals surface area contributed by atoms with Crippen LogP contribution >= 0.6 is 15.9 Å². The van der Waals surface area contributed by atoms with Crippen LogP contribution in [0.15, 0.2) is 0 Å². The molecule has 0 spiro atoms. The van der Waals surface area contributed by atoms with Gasteiger partial charge in [0.15, 0.2) is 0 Å². The molecule has 0 aromatic carbocycles. The molecule has 1 rings (SSSR count). The van der Waals surface area contributed by atoms with E-state index in [1.165, 1.54) is 6.42 Å². The topological polar surface area (TPSA) is 40.5 Å². The lowest BCUT2D eigenvalue weighted by Gasteiger charge is -2.29. The molecule has 2 nitrogen and oxygen atoms in total. The Morgan fingerprint density at radius 3 is 2.36 bits per heavy atom. The maximum atomic E-state index is 9.01. The van der Waals surface area contributed by atoms with E-state index >= 15 is 0 Å². The molecule has 1 fully saturated rings. The number of hydrogen-bond donors (Lipinski definition) is 2. The van der Waals surface area contributed by atoms with Crippen LogP contribution in [-0.2, 0) is 0 Å². The van der Waals surface area contributed by atoms with Crippen molar-refractivity contribution in [3.63, 3.8) is 0 Å². The van der Waals surface area contributed by atoms with Gasteiger partial charge in [0.1, 0.15) is 0 Å². The Labute approximate surface area is 76.3 Å². The molecule has 64 valence electrons. The Balaban J connectivity index is 2.44. The summed E-state index contributed by atoms with van der Waals surface area (Å²) in [4.78, 5) is 0. The van der Waals surface area contributed by atoms with Crippen LogP contribution in [0.5, 0.6) is 0 Å². The minimum absolute atomic E-state index is 0.100. The average molecular weight is 221 g/mol. The van der Waals surface area contributed by atoms with Crippen molar-refractivity contribution < 1.29 is 10.0 Å². The zero-order valence-corrected chi connectivity index (χ0v) is 8.13. The second kappa shape index (κ2) is 4.48. The van der Waals surface area contributed by atoms with Crippen molar-refractivity contribution >= 4 is 23.0 Å². The van der Waals surface area contributed by atoms with E-state index in [4.69, 9.17) is 10.0 Å². The molecule has 0 amide bonds. The second-order valence-corrected chi connectivity index (χ2v) is 3.92. The van der Waals surface area contributed by atoms with Crippen molar-refractivity contribution in [2.24, 2.45) is 5.92 Å². The average Bonchev–Trinajstić information content (AvgIpc) is 2.04. The summed E-state index contributed by atoms with van der Waals surface area (Å²) < 4.78 is 0. The van der Waals surface area contributed by atoms with Gasteiger partial charge in [-0.25, -0.2) is 0 Å². The molecule has 0 saturated heterocycles. The Kier molecular flexibility index (Phi) is 3.89. The van der Waals surface area contributed by atoms with E-state index in [0.717, 1.165) is 24.6 Å². The minimum Gasteiger partial charge on any atom is -0.427 e. The number of halogens is 1. The lowest BCUT2D eigenvalue weighted by Crippen LogP contribution is -2.30. The summed E-state index contributed by atoms with van der Waals surface area (Å²) in [6, 6.07) is 0. The van der Waals surface area contributed by atoms with E-state index in [2.05, 4.69) is 15.9 Å². The molecule has 2 unspecified atom stereocenters. The smallest absolute Gasteiger partial charge is 0.427 e. The molecule has 1 aliphatic rings. The van der Waals surface area contributed by atoms with Crippen LogP contribution in [0.3, 0.4) is 0 Å². The molecule has 1 aliphatic carbocycles. The van der Waals surface area contributed by atoms with E-state index in [0.29, 0.717) is 5.92 Å². The molecule has 2 N–H and O–H groups in total.